The molecule has 0 aromatic heterocycles. The monoisotopic (exact) mass is 428 g/mol. The van der Waals surface area contributed by atoms with Crippen molar-refractivity contribution in [2.45, 2.75) is 12.2 Å². The fourth-order valence-corrected chi connectivity index (χ4v) is 3.66. The number of carbonyl (C=O) groups excluding carboxylic acids is 2. The van der Waals surface area contributed by atoms with Crippen LogP contribution < -0.4 is 5.32 Å². The first kappa shape index (κ1) is 20.6. The number of nitrogens with zero attached hydrogens (tertiary/aromatic N) is 1. The molecule has 0 bridgehead atoms. The molecule has 8 heteroatoms. The predicted molar refractivity (Wildman–Crippen MR) is 106 cm³/mol. The summed E-state index contributed by atoms with van der Waals surface area (Å²) in [6.45, 7) is -0.412. The summed E-state index contributed by atoms with van der Waals surface area (Å²) in [4.78, 5) is 27.0. The standard InChI is InChI=1S/C23H16F4N2O2/c24-17-9-10-19-18(12-17)21(14-5-2-1-3-6-14)29(13-20(30)28-19)22(31)15-7-4-8-16(11-15)23(25,26)27/h1-12,21H,13H2,(H,28,30)/t21-/m1/s1. The van der Waals surface area contributed by atoms with Crippen molar-refractivity contribution in [3.8, 4) is 0 Å². The molecule has 1 atom stereocenters. The minimum Gasteiger partial charge on any atom is -0.324 e. The van der Waals surface area contributed by atoms with E-state index in [0.29, 0.717) is 16.8 Å². The van der Waals surface area contributed by atoms with Crippen molar-refractivity contribution in [3.63, 3.8) is 0 Å². The van der Waals surface area contributed by atoms with Crippen LogP contribution in [0.1, 0.15) is 33.1 Å². The van der Waals surface area contributed by atoms with Gasteiger partial charge in [-0.1, -0.05) is 36.4 Å². The highest BCUT2D eigenvalue weighted by Gasteiger charge is 2.36. The molecule has 0 spiro atoms. The van der Waals surface area contributed by atoms with Gasteiger partial charge in [-0.25, -0.2) is 4.39 Å². The third-order valence-corrected chi connectivity index (χ3v) is 5.02. The van der Waals surface area contributed by atoms with Crippen molar-refractivity contribution in [2.75, 3.05) is 11.9 Å². The Morgan fingerprint density at radius 2 is 1.71 bits per heavy atom. The summed E-state index contributed by atoms with van der Waals surface area (Å²) < 4.78 is 53.6. The Morgan fingerprint density at radius 1 is 0.968 bits per heavy atom. The fraction of sp³-hybridized carbons (Fsp3) is 0.130. The van der Waals surface area contributed by atoms with Crippen LogP contribution in [0.5, 0.6) is 0 Å². The first-order valence-electron chi connectivity index (χ1n) is 9.36. The number of rotatable bonds is 2. The predicted octanol–water partition coefficient (Wildman–Crippen LogP) is 5.03. The van der Waals surface area contributed by atoms with Gasteiger partial charge in [0.15, 0.2) is 0 Å². The van der Waals surface area contributed by atoms with Gasteiger partial charge in [0.25, 0.3) is 5.91 Å². The summed E-state index contributed by atoms with van der Waals surface area (Å²) in [6.07, 6.45) is -4.62. The SMILES string of the molecule is O=C1CN(C(=O)c2cccc(C(F)(F)F)c2)[C@H](c2ccccc2)c2cc(F)ccc2N1. The zero-order valence-electron chi connectivity index (χ0n) is 16.0. The van der Waals surface area contributed by atoms with Crippen molar-refractivity contribution >= 4 is 17.5 Å². The second-order valence-electron chi connectivity index (χ2n) is 7.10. The van der Waals surface area contributed by atoms with Gasteiger partial charge in [0.05, 0.1) is 11.6 Å². The molecular weight excluding hydrogens is 412 g/mol. The summed E-state index contributed by atoms with van der Waals surface area (Å²) in [5, 5.41) is 2.64. The minimum absolute atomic E-state index is 0.219. The molecule has 0 fully saturated rings. The second kappa shape index (κ2) is 7.86. The Labute approximate surface area is 175 Å². The minimum atomic E-state index is -4.62. The number of benzene rings is 3. The maximum atomic E-state index is 14.1. The number of amides is 2. The first-order chi connectivity index (χ1) is 14.7. The smallest absolute Gasteiger partial charge is 0.324 e. The summed E-state index contributed by atoms with van der Waals surface area (Å²) >= 11 is 0. The lowest BCUT2D eigenvalue weighted by Crippen LogP contribution is -2.39. The van der Waals surface area contributed by atoms with Crippen LogP contribution >= 0.6 is 0 Å². The van der Waals surface area contributed by atoms with Gasteiger partial charge in [-0.3, -0.25) is 9.59 Å². The van der Waals surface area contributed by atoms with Crippen molar-refractivity contribution in [2.24, 2.45) is 0 Å². The van der Waals surface area contributed by atoms with Crippen LogP contribution in [0, 0.1) is 5.82 Å². The molecule has 0 saturated heterocycles. The second-order valence-corrected chi connectivity index (χ2v) is 7.10. The Kier molecular flexibility index (Phi) is 5.22. The van der Waals surface area contributed by atoms with Crippen LogP contribution in [-0.4, -0.2) is 23.3 Å². The van der Waals surface area contributed by atoms with Crippen molar-refractivity contribution in [1.82, 2.24) is 4.90 Å². The van der Waals surface area contributed by atoms with E-state index >= 15 is 0 Å². The van der Waals surface area contributed by atoms with Gasteiger partial charge in [-0.15, -0.1) is 0 Å². The molecule has 1 aliphatic rings. The molecule has 1 N–H and O–H groups in total. The van der Waals surface area contributed by atoms with Gasteiger partial charge in [-0.05, 0) is 42.0 Å². The van der Waals surface area contributed by atoms with E-state index in [2.05, 4.69) is 5.32 Å². The van der Waals surface area contributed by atoms with Crippen LogP contribution in [-0.2, 0) is 11.0 Å². The molecule has 3 aromatic rings. The lowest BCUT2D eigenvalue weighted by atomic mass is 9.95. The van der Waals surface area contributed by atoms with E-state index < -0.39 is 42.0 Å². The number of halogens is 4. The van der Waals surface area contributed by atoms with E-state index in [1.165, 1.54) is 24.3 Å². The number of hydrogen-bond donors (Lipinski definition) is 1. The molecule has 31 heavy (non-hydrogen) atoms. The number of hydrogen-bond acceptors (Lipinski definition) is 2. The molecule has 1 aliphatic heterocycles. The fourth-order valence-electron chi connectivity index (χ4n) is 3.66. The van der Waals surface area contributed by atoms with Gasteiger partial charge in [0.2, 0.25) is 5.91 Å². The average Bonchev–Trinajstić information content (AvgIpc) is 2.89. The molecule has 4 nitrogen and oxygen atoms in total. The van der Waals surface area contributed by atoms with Crippen LogP contribution in [0.15, 0.2) is 72.8 Å². The third kappa shape index (κ3) is 4.14. The Bertz CT molecular complexity index is 1150. The van der Waals surface area contributed by atoms with E-state index in [9.17, 15) is 27.2 Å². The number of alkyl halides is 3. The Hall–Kier alpha value is -3.68. The topological polar surface area (TPSA) is 49.4 Å². The quantitative estimate of drug-likeness (QED) is 0.583. The molecule has 158 valence electrons. The lowest BCUT2D eigenvalue weighted by molar-refractivity contribution is -0.137. The van der Waals surface area contributed by atoms with E-state index in [0.717, 1.165) is 23.1 Å². The zero-order valence-corrected chi connectivity index (χ0v) is 16.0. The van der Waals surface area contributed by atoms with Gasteiger partial charge in [-0.2, -0.15) is 13.2 Å². The van der Waals surface area contributed by atoms with Crippen LogP contribution in [0.25, 0.3) is 0 Å². The largest absolute Gasteiger partial charge is 0.416 e. The zero-order chi connectivity index (χ0) is 22.2. The molecule has 0 saturated carbocycles. The summed E-state index contributed by atoms with van der Waals surface area (Å²) in [6, 6.07) is 15.6. The maximum absolute atomic E-state index is 14.1. The Balaban J connectivity index is 1.86. The van der Waals surface area contributed by atoms with Crippen LogP contribution in [0.4, 0.5) is 23.2 Å². The third-order valence-electron chi connectivity index (χ3n) is 5.02. The number of anilines is 1. The van der Waals surface area contributed by atoms with E-state index in [1.54, 1.807) is 30.3 Å². The highest BCUT2D eigenvalue weighted by molar-refractivity contribution is 6.01. The molecule has 3 aromatic carbocycles. The van der Waals surface area contributed by atoms with Gasteiger partial charge in [0, 0.05) is 16.8 Å². The van der Waals surface area contributed by atoms with Crippen molar-refractivity contribution < 1.29 is 27.2 Å². The average molecular weight is 428 g/mol. The molecular formula is C23H16F4N2O2. The molecule has 4 rings (SSSR count). The summed E-state index contributed by atoms with van der Waals surface area (Å²) in [5.41, 5.74) is 0.0619. The number of fused-ring (bicyclic) bond motifs is 1. The number of nitrogens with one attached hydrogen (secondary N) is 1. The van der Waals surface area contributed by atoms with Gasteiger partial charge in [0.1, 0.15) is 12.4 Å². The molecule has 0 radical (unpaired) electrons. The van der Waals surface area contributed by atoms with E-state index in [1.807, 2.05) is 0 Å². The molecule has 0 unspecified atom stereocenters. The molecule has 2 amide bonds. The first-order valence-corrected chi connectivity index (χ1v) is 9.36. The highest BCUT2D eigenvalue weighted by atomic mass is 19.4. The van der Waals surface area contributed by atoms with E-state index in [4.69, 9.17) is 0 Å². The van der Waals surface area contributed by atoms with Crippen molar-refractivity contribution in [3.05, 3.63) is 101 Å². The van der Waals surface area contributed by atoms with Gasteiger partial charge >= 0.3 is 6.18 Å². The Morgan fingerprint density at radius 3 is 2.42 bits per heavy atom. The highest BCUT2D eigenvalue weighted by Crippen LogP contribution is 2.37. The normalized spacial score (nSPS) is 16.3. The van der Waals surface area contributed by atoms with Gasteiger partial charge < -0.3 is 10.2 Å². The van der Waals surface area contributed by atoms with Crippen LogP contribution in [0.3, 0.4) is 0 Å². The van der Waals surface area contributed by atoms with E-state index in [-0.39, 0.29) is 5.56 Å². The molecule has 1 heterocycles. The summed E-state index contributed by atoms with van der Waals surface area (Å²) in [7, 11) is 0. The molecule has 0 aliphatic carbocycles. The maximum Gasteiger partial charge on any atom is 0.416 e. The lowest BCUT2D eigenvalue weighted by Gasteiger charge is -2.30. The number of carbonyl (C=O) groups is 2. The van der Waals surface area contributed by atoms with Crippen LogP contribution in [0.2, 0.25) is 0 Å². The summed E-state index contributed by atoms with van der Waals surface area (Å²) in [5.74, 6) is -1.87. The van der Waals surface area contributed by atoms with Crippen molar-refractivity contribution in [1.29, 1.82) is 0 Å².